The normalized spacial score (nSPS) is 17.6. The van der Waals surface area contributed by atoms with Crippen molar-refractivity contribution in [3.05, 3.63) is 29.8 Å². The van der Waals surface area contributed by atoms with Crippen molar-refractivity contribution in [1.29, 1.82) is 0 Å². The molecule has 1 fully saturated rings. The first-order chi connectivity index (χ1) is 9.35. The molecule has 2 rings (SSSR count). The largest absolute Gasteiger partial charge is 0.494 e. The Morgan fingerprint density at radius 2 is 1.89 bits per heavy atom. The molecule has 1 atom stereocenters. The van der Waals surface area contributed by atoms with Gasteiger partial charge in [-0.3, -0.25) is 4.90 Å². The van der Waals surface area contributed by atoms with Gasteiger partial charge in [0, 0.05) is 12.6 Å². The Balaban J connectivity index is 1.95. The van der Waals surface area contributed by atoms with Crippen LogP contribution in [-0.4, -0.2) is 31.1 Å². The zero-order valence-electron chi connectivity index (χ0n) is 12.0. The van der Waals surface area contributed by atoms with Crippen LogP contribution in [0.15, 0.2) is 24.3 Å². The highest BCUT2D eigenvalue weighted by molar-refractivity contribution is 5.29. The molecule has 0 aromatic heterocycles. The van der Waals surface area contributed by atoms with Gasteiger partial charge < -0.3 is 10.5 Å². The van der Waals surface area contributed by atoms with E-state index < -0.39 is 0 Å². The zero-order valence-corrected chi connectivity index (χ0v) is 12.0. The number of nitrogens with zero attached hydrogens (tertiary/aromatic N) is 1. The molecule has 1 aromatic carbocycles. The van der Waals surface area contributed by atoms with Crippen LogP contribution >= 0.6 is 0 Å². The molecule has 1 aliphatic heterocycles. The Morgan fingerprint density at radius 1 is 1.21 bits per heavy atom. The molecule has 0 amide bonds. The van der Waals surface area contributed by atoms with Gasteiger partial charge in [-0.15, -0.1) is 0 Å². The van der Waals surface area contributed by atoms with Crippen LogP contribution in [-0.2, 0) is 0 Å². The minimum atomic E-state index is 0.368. The van der Waals surface area contributed by atoms with Gasteiger partial charge in [-0.25, -0.2) is 0 Å². The average Bonchev–Trinajstić information content (AvgIpc) is 2.96. The van der Waals surface area contributed by atoms with Gasteiger partial charge in [0.05, 0.1) is 6.61 Å². The molecule has 1 unspecified atom stereocenters. The van der Waals surface area contributed by atoms with Gasteiger partial charge >= 0.3 is 0 Å². The van der Waals surface area contributed by atoms with E-state index in [1.54, 1.807) is 0 Å². The number of hydrogen-bond donors (Lipinski definition) is 1. The predicted octanol–water partition coefficient (Wildman–Crippen LogP) is 2.96. The maximum absolute atomic E-state index is 5.95. The summed E-state index contributed by atoms with van der Waals surface area (Å²) in [7, 11) is 0. The van der Waals surface area contributed by atoms with E-state index in [2.05, 4.69) is 36.1 Å². The van der Waals surface area contributed by atoms with Crippen LogP contribution in [0.5, 0.6) is 5.75 Å². The fraction of sp³-hybridized carbons (Fsp3) is 0.625. The topological polar surface area (TPSA) is 38.5 Å². The van der Waals surface area contributed by atoms with E-state index in [4.69, 9.17) is 10.5 Å². The summed E-state index contributed by atoms with van der Waals surface area (Å²) in [6.45, 7) is 6.03. The van der Waals surface area contributed by atoms with Crippen LogP contribution in [0.25, 0.3) is 0 Å². The molecule has 19 heavy (non-hydrogen) atoms. The van der Waals surface area contributed by atoms with E-state index in [0.717, 1.165) is 18.8 Å². The van der Waals surface area contributed by atoms with E-state index in [1.165, 1.54) is 37.9 Å². The molecule has 106 valence electrons. The SMILES string of the molecule is CCCCOc1ccc(C(CN)N2CCCC2)cc1. The molecule has 1 aromatic rings. The molecule has 1 heterocycles. The molecule has 3 nitrogen and oxygen atoms in total. The highest BCUT2D eigenvalue weighted by atomic mass is 16.5. The van der Waals surface area contributed by atoms with Gasteiger partial charge in [0.25, 0.3) is 0 Å². The maximum Gasteiger partial charge on any atom is 0.119 e. The Bertz CT molecular complexity index is 358. The quantitative estimate of drug-likeness (QED) is 0.768. The van der Waals surface area contributed by atoms with Gasteiger partial charge in [0.1, 0.15) is 5.75 Å². The first kappa shape index (κ1) is 14.4. The first-order valence-electron chi connectivity index (χ1n) is 7.52. The lowest BCUT2D eigenvalue weighted by atomic mass is 10.1. The van der Waals surface area contributed by atoms with Crippen molar-refractivity contribution in [3.8, 4) is 5.75 Å². The second kappa shape index (κ2) is 7.51. The van der Waals surface area contributed by atoms with Crippen molar-refractivity contribution in [2.75, 3.05) is 26.2 Å². The van der Waals surface area contributed by atoms with Crippen LogP contribution in [0.4, 0.5) is 0 Å². The van der Waals surface area contributed by atoms with Crippen LogP contribution in [0.2, 0.25) is 0 Å². The number of hydrogen-bond acceptors (Lipinski definition) is 3. The predicted molar refractivity (Wildman–Crippen MR) is 79.4 cm³/mol. The van der Waals surface area contributed by atoms with Gasteiger partial charge in [-0.1, -0.05) is 25.5 Å². The minimum Gasteiger partial charge on any atom is -0.494 e. The molecular weight excluding hydrogens is 236 g/mol. The van der Waals surface area contributed by atoms with Crippen molar-refractivity contribution in [1.82, 2.24) is 4.90 Å². The average molecular weight is 262 g/mol. The van der Waals surface area contributed by atoms with Crippen LogP contribution in [0.3, 0.4) is 0 Å². The maximum atomic E-state index is 5.95. The fourth-order valence-electron chi connectivity index (χ4n) is 2.67. The number of unbranched alkanes of at least 4 members (excludes halogenated alkanes) is 1. The lowest BCUT2D eigenvalue weighted by Gasteiger charge is -2.26. The summed E-state index contributed by atoms with van der Waals surface area (Å²) in [4.78, 5) is 2.49. The number of ether oxygens (including phenoxy) is 1. The molecule has 0 aliphatic carbocycles. The van der Waals surface area contributed by atoms with E-state index in [0.29, 0.717) is 12.6 Å². The summed E-state index contributed by atoms with van der Waals surface area (Å²) in [6, 6.07) is 8.84. The van der Waals surface area contributed by atoms with Crippen molar-refractivity contribution in [2.24, 2.45) is 5.73 Å². The second-order valence-electron chi connectivity index (χ2n) is 5.27. The third kappa shape index (κ3) is 3.95. The van der Waals surface area contributed by atoms with Gasteiger partial charge in [-0.2, -0.15) is 0 Å². The van der Waals surface area contributed by atoms with E-state index in [1.807, 2.05) is 0 Å². The standard InChI is InChI=1S/C16H26N2O/c1-2-3-12-19-15-8-6-14(7-9-15)16(13-17)18-10-4-5-11-18/h6-9,16H,2-5,10-13,17H2,1H3. The number of nitrogens with two attached hydrogens (primary N) is 1. The van der Waals surface area contributed by atoms with Crippen molar-refractivity contribution in [3.63, 3.8) is 0 Å². The first-order valence-corrected chi connectivity index (χ1v) is 7.52. The Morgan fingerprint density at radius 3 is 2.47 bits per heavy atom. The molecule has 0 radical (unpaired) electrons. The van der Waals surface area contributed by atoms with Crippen LogP contribution < -0.4 is 10.5 Å². The smallest absolute Gasteiger partial charge is 0.119 e. The van der Waals surface area contributed by atoms with Crippen LogP contribution in [0.1, 0.15) is 44.2 Å². The molecule has 2 N–H and O–H groups in total. The molecule has 3 heteroatoms. The minimum absolute atomic E-state index is 0.368. The van der Waals surface area contributed by atoms with Gasteiger partial charge in [0.15, 0.2) is 0 Å². The second-order valence-corrected chi connectivity index (χ2v) is 5.27. The number of rotatable bonds is 7. The van der Waals surface area contributed by atoms with Crippen molar-refractivity contribution < 1.29 is 4.74 Å². The van der Waals surface area contributed by atoms with E-state index in [9.17, 15) is 0 Å². The van der Waals surface area contributed by atoms with E-state index in [-0.39, 0.29) is 0 Å². The molecule has 1 saturated heterocycles. The van der Waals surface area contributed by atoms with Gasteiger partial charge in [-0.05, 0) is 50.0 Å². The van der Waals surface area contributed by atoms with Crippen molar-refractivity contribution in [2.45, 2.75) is 38.6 Å². The highest BCUT2D eigenvalue weighted by Gasteiger charge is 2.21. The van der Waals surface area contributed by atoms with E-state index >= 15 is 0 Å². The van der Waals surface area contributed by atoms with Crippen LogP contribution in [0, 0.1) is 0 Å². The lowest BCUT2D eigenvalue weighted by Crippen LogP contribution is -2.31. The summed E-state index contributed by atoms with van der Waals surface area (Å²) in [5.41, 5.74) is 7.26. The third-order valence-corrected chi connectivity index (χ3v) is 3.84. The summed E-state index contributed by atoms with van der Waals surface area (Å²) in [6.07, 6.45) is 4.88. The summed E-state index contributed by atoms with van der Waals surface area (Å²) in [5.74, 6) is 0.967. The summed E-state index contributed by atoms with van der Waals surface area (Å²) < 4.78 is 5.70. The highest BCUT2D eigenvalue weighted by Crippen LogP contribution is 2.25. The zero-order chi connectivity index (χ0) is 13.5. The Hall–Kier alpha value is -1.06. The van der Waals surface area contributed by atoms with Gasteiger partial charge in [0.2, 0.25) is 0 Å². The molecular formula is C16H26N2O. The lowest BCUT2D eigenvalue weighted by molar-refractivity contribution is 0.251. The fourth-order valence-corrected chi connectivity index (χ4v) is 2.67. The summed E-state index contributed by atoms with van der Waals surface area (Å²) >= 11 is 0. The summed E-state index contributed by atoms with van der Waals surface area (Å²) in [5, 5.41) is 0. The van der Waals surface area contributed by atoms with Crippen molar-refractivity contribution >= 4 is 0 Å². The number of likely N-dealkylation sites (tertiary alicyclic amines) is 1. The molecule has 0 bridgehead atoms. The Labute approximate surface area is 116 Å². The Kier molecular flexibility index (Phi) is 5.67. The molecule has 1 aliphatic rings. The number of benzene rings is 1. The monoisotopic (exact) mass is 262 g/mol. The third-order valence-electron chi connectivity index (χ3n) is 3.84. The molecule has 0 spiro atoms. The molecule has 0 saturated carbocycles.